The number of nitrogens with one attached hydrogen (secondary N) is 1. The predicted molar refractivity (Wildman–Crippen MR) is 259 cm³/mol. The molecule has 0 saturated heterocycles. The van der Waals surface area contributed by atoms with Crippen molar-refractivity contribution < 1.29 is 24.5 Å². The van der Waals surface area contributed by atoms with Crippen molar-refractivity contribution in [1.82, 2.24) is 5.32 Å². The summed E-state index contributed by atoms with van der Waals surface area (Å²) in [6, 6.07) is -0.750. The van der Waals surface area contributed by atoms with Gasteiger partial charge in [-0.3, -0.25) is 9.59 Å². The Labute approximate surface area is 369 Å². The molecule has 6 heteroatoms. The van der Waals surface area contributed by atoms with Crippen LogP contribution < -0.4 is 5.32 Å². The van der Waals surface area contributed by atoms with E-state index in [1.54, 1.807) is 6.08 Å². The number of aliphatic hydroxyl groups excluding tert-OH is 2. The molecule has 3 N–H and O–H groups in total. The molecule has 0 radical (unpaired) electrons. The van der Waals surface area contributed by atoms with Gasteiger partial charge in [-0.2, -0.15) is 0 Å². The number of aliphatic hydroxyl groups is 2. The third-order valence-corrected chi connectivity index (χ3v) is 10.5. The molecule has 0 aliphatic carbocycles. The maximum absolute atomic E-state index is 13.1. The van der Waals surface area contributed by atoms with Crippen LogP contribution in [0.4, 0.5) is 0 Å². The van der Waals surface area contributed by atoms with E-state index >= 15 is 0 Å². The van der Waals surface area contributed by atoms with Gasteiger partial charge in [0.05, 0.1) is 25.2 Å². The number of esters is 1. The van der Waals surface area contributed by atoms with Crippen molar-refractivity contribution in [3.05, 3.63) is 97.2 Å². The van der Waals surface area contributed by atoms with Gasteiger partial charge < -0.3 is 20.3 Å². The average Bonchev–Trinajstić information content (AvgIpc) is 3.24. The number of amides is 1. The first kappa shape index (κ1) is 56.8. The number of ether oxygens (including phenoxy) is 1. The molecule has 0 rings (SSSR count). The van der Waals surface area contributed by atoms with Crippen LogP contribution in [0.25, 0.3) is 0 Å². The van der Waals surface area contributed by atoms with Crippen LogP contribution in [0.2, 0.25) is 0 Å². The summed E-state index contributed by atoms with van der Waals surface area (Å²) in [6.45, 7) is 6.27. The van der Waals surface area contributed by atoms with Gasteiger partial charge in [-0.25, -0.2) is 0 Å². The van der Waals surface area contributed by atoms with Crippen LogP contribution in [-0.2, 0) is 14.3 Å². The maximum atomic E-state index is 13.1. The van der Waals surface area contributed by atoms with Crippen molar-refractivity contribution in [2.45, 2.75) is 225 Å². The van der Waals surface area contributed by atoms with Gasteiger partial charge in [-0.15, -0.1) is 0 Å². The number of unbranched alkanes of at least 4 members (excludes halogenated alkanes) is 18. The summed E-state index contributed by atoms with van der Waals surface area (Å²) in [5, 5.41) is 23.6. The summed E-state index contributed by atoms with van der Waals surface area (Å²) in [5.74, 6) is -0.661. The number of carbonyl (C=O) groups excluding carboxylic acids is 2. The zero-order valence-electron chi connectivity index (χ0n) is 38.8. The largest absolute Gasteiger partial charge is 0.458 e. The minimum atomic E-state index is -0.826. The molecule has 60 heavy (non-hydrogen) atoms. The molecular formula is C54H91NO5. The van der Waals surface area contributed by atoms with Crippen LogP contribution in [0, 0.1) is 0 Å². The molecule has 6 nitrogen and oxygen atoms in total. The van der Waals surface area contributed by atoms with E-state index in [4.69, 9.17) is 4.74 Å². The fourth-order valence-corrected chi connectivity index (χ4v) is 6.74. The highest BCUT2D eigenvalue weighted by molar-refractivity contribution is 5.78. The van der Waals surface area contributed by atoms with Crippen LogP contribution in [0.1, 0.15) is 207 Å². The van der Waals surface area contributed by atoms with E-state index in [1.165, 1.54) is 70.6 Å². The van der Waals surface area contributed by atoms with Gasteiger partial charge in [0.2, 0.25) is 5.91 Å². The van der Waals surface area contributed by atoms with Crippen LogP contribution in [-0.4, -0.2) is 46.9 Å². The van der Waals surface area contributed by atoms with Gasteiger partial charge >= 0.3 is 5.97 Å². The zero-order valence-corrected chi connectivity index (χ0v) is 38.8. The highest BCUT2D eigenvalue weighted by Gasteiger charge is 2.23. The molecule has 3 atom stereocenters. The van der Waals surface area contributed by atoms with E-state index in [0.29, 0.717) is 19.3 Å². The van der Waals surface area contributed by atoms with E-state index in [-0.39, 0.29) is 24.9 Å². The van der Waals surface area contributed by atoms with E-state index in [0.717, 1.165) is 89.9 Å². The van der Waals surface area contributed by atoms with Gasteiger partial charge in [0, 0.05) is 6.42 Å². The Morgan fingerprint density at radius 2 is 0.983 bits per heavy atom. The summed E-state index contributed by atoms with van der Waals surface area (Å²) < 4.78 is 5.80. The molecule has 0 aromatic rings. The molecule has 0 aromatic carbocycles. The lowest BCUT2D eigenvalue weighted by molar-refractivity contribution is -0.148. The fraction of sp³-hybridized carbons (Fsp3) is 0.667. The Hall–Kier alpha value is -3.22. The van der Waals surface area contributed by atoms with E-state index in [1.807, 2.05) is 6.08 Å². The summed E-state index contributed by atoms with van der Waals surface area (Å²) >= 11 is 0. The lowest BCUT2D eigenvalue weighted by Gasteiger charge is -2.23. The van der Waals surface area contributed by atoms with Crippen molar-refractivity contribution in [3.8, 4) is 0 Å². The standard InChI is InChI=1S/C54H91NO5/c1-4-7-10-13-16-19-21-23-25-26-27-28-30-32-35-38-41-44-47-54(59)60-50(45-42-39-36-34-31-29-24-22-20-17-14-11-8-5-2)48-53(58)55-51(49-56)52(57)46-43-40-37-33-18-15-12-9-6-3/h8,11,17,20-21,23-29,34,36,42,45,50-52,56-57H,4-7,9-10,12-16,18-19,22,30-33,35,37-41,43-44,46-49H2,1-3H3,(H,55,58)/b11-8+,20-17+,23-21+,26-25+,28-27+,29-24+,36-34+,45-42+. The highest BCUT2D eigenvalue weighted by Crippen LogP contribution is 2.14. The Morgan fingerprint density at radius 1 is 0.533 bits per heavy atom. The van der Waals surface area contributed by atoms with E-state index in [9.17, 15) is 19.8 Å². The molecule has 0 aromatic heterocycles. The molecule has 0 saturated carbocycles. The first-order chi connectivity index (χ1) is 29.5. The molecule has 0 aliphatic heterocycles. The Balaban J connectivity index is 4.78. The number of hydrogen-bond donors (Lipinski definition) is 3. The molecule has 0 heterocycles. The topological polar surface area (TPSA) is 95.9 Å². The highest BCUT2D eigenvalue weighted by atomic mass is 16.5. The third kappa shape index (κ3) is 41.5. The Kier molecular flexibility index (Phi) is 44.3. The molecule has 0 bridgehead atoms. The lowest BCUT2D eigenvalue weighted by atomic mass is 10.0. The minimum Gasteiger partial charge on any atom is -0.458 e. The van der Waals surface area contributed by atoms with Crippen molar-refractivity contribution in [2.75, 3.05) is 6.61 Å². The minimum absolute atomic E-state index is 0.0597. The molecule has 3 unspecified atom stereocenters. The van der Waals surface area contributed by atoms with Crippen molar-refractivity contribution in [2.24, 2.45) is 0 Å². The number of rotatable bonds is 42. The SMILES string of the molecule is CC/C=C/C/C=C/C/C=C/C/C=C/C/C=C/C(CC(=O)NC(CO)C(O)CCCCCCCCCCC)OC(=O)CCCCCCC/C=C/C=C/C=C/CCCCCCC. The molecule has 342 valence electrons. The predicted octanol–water partition coefficient (Wildman–Crippen LogP) is 14.6. The monoisotopic (exact) mass is 834 g/mol. The van der Waals surface area contributed by atoms with Crippen LogP contribution in [0.5, 0.6) is 0 Å². The molecular weight excluding hydrogens is 743 g/mol. The second kappa shape index (κ2) is 46.8. The Bertz CT molecular complexity index is 1210. The number of carbonyl (C=O) groups is 2. The fourth-order valence-electron chi connectivity index (χ4n) is 6.74. The summed E-state index contributed by atoms with van der Waals surface area (Å²) in [4.78, 5) is 26.0. The molecule has 0 spiro atoms. The number of allylic oxidation sites excluding steroid dienone is 15. The van der Waals surface area contributed by atoms with E-state index < -0.39 is 18.2 Å². The second-order valence-electron chi connectivity index (χ2n) is 16.2. The first-order valence-corrected chi connectivity index (χ1v) is 24.5. The zero-order chi connectivity index (χ0) is 43.8. The van der Waals surface area contributed by atoms with Gasteiger partial charge in [0.15, 0.2) is 0 Å². The molecule has 0 aliphatic rings. The smallest absolute Gasteiger partial charge is 0.306 e. The third-order valence-electron chi connectivity index (χ3n) is 10.5. The van der Waals surface area contributed by atoms with Gasteiger partial charge in [-0.05, 0) is 76.7 Å². The van der Waals surface area contributed by atoms with Crippen LogP contribution in [0.3, 0.4) is 0 Å². The van der Waals surface area contributed by atoms with Crippen LogP contribution in [0.15, 0.2) is 97.2 Å². The lowest BCUT2D eigenvalue weighted by Crippen LogP contribution is -2.46. The second-order valence-corrected chi connectivity index (χ2v) is 16.2. The van der Waals surface area contributed by atoms with Gasteiger partial charge in [-0.1, -0.05) is 215 Å². The average molecular weight is 834 g/mol. The normalized spacial score (nSPS) is 14.2. The first-order valence-electron chi connectivity index (χ1n) is 24.5. The van der Waals surface area contributed by atoms with Crippen molar-refractivity contribution in [1.29, 1.82) is 0 Å². The van der Waals surface area contributed by atoms with Crippen LogP contribution >= 0.6 is 0 Å². The van der Waals surface area contributed by atoms with E-state index in [2.05, 4.69) is 111 Å². The summed E-state index contributed by atoms with van der Waals surface area (Å²) in [5.41, 5.74) is 0. The summed E-state index contributed by atoms with van der Waals surface area (Å²) in [7, 11) is 0. The maximum Gasteiger partial charge on any atom is 0.306 e. The number of hydrogen-bond acceptors (Lipinski definition) is 5. The van der Waals surface area contributed by atoms with Crippen molar-refractivity contribution >= 4 is 11.9 Å². The quantitative estimate of drug-likeness (QED) is 0.0246. The Morgan fingerprint density at radius 3 is 1.48 bits per heavy atom. The van der Waals surface area contributed by atoms with Crippen molar-refractivity contribution in [3.63, 3.8) is 0 Å². The molecule has 1 amide bonds. The summed E-state index contributed by atoms with van der Waals surface area (Å²) in [6.07, 6.45) is 62.1. The molecule has 0 fully saturated rings. The van der Waals surface area contributed by atoms with Gasteiger partial charge in [0.25, 0.3) is 0 Å². The van der Waals surface area contributed by atoms with Gasteiger partial charge in [0.1, 0.15) is 6.10 Å².